The Morgan fingerprint density at radius 1 is 1.17 bits per heavy atom. The molecule has 0 fully saturated rings. The minimum absolute atomic E-state index is 0.0524. The van der Waals surface area contributed by atoms with Gasteiger partial charge in [-0.2, -0.15) is 0 Å². The van der Waals surface area contributed by atoms with Gasteiger partial charge in [-0.25, -0.2) is 4.39 Å². The van der Waals surface area contributed by atoms with E-state index < -0.39 is 22.5 Å². The maximum absolute atomic E-state index is 15.3. The number of aromatic hydroxyl groups is 1. The number of hydrogen-bond acceptors (Lipinski definition) is 7. The van der Waals surface area contributed by atoms with Crippen LogP contribution in [0.3, 0.4) is 0 Å². The predicted octanol–water partition coefficient (Wildman–Crippen LogP) is 7.79. The van der Waals surface area contributed by atoms with Gasteiger partial charge in [0.1, 0.15) is 30.5 Å². The third-order valence-corrected chi connectivity index (χ3v) is 8.68. The number of halogens is 1. The topological polar surface area (TPSA) is 84.9 Å². The second-order valence-corrected chi connectivity index (χ2v) is 11.8. The van der Waals surface area contributed by atoms with Gasteiger partial charge in [0, 0.05) is 39.1 Å². The van der Waals surface area contributed by atoms with Crippen LogP contribution in [0.1, 0.15) is 65.4 Å². The van der Waals surface area contributed by atoms with E-state index in [9.17, 15) is 14.1 Å². The van der Waals surface area contributed by atoms with Crippen molar-refractivity contribution in [3.05, 3.63) is 88.6 Å². The van der Waals surface area contributed by atoms with Crippen molar-refractivity contribution in [1.29, 1.82) is 0 Å². The van der Waals surface area contributed by atoms with Crippen LogP contribution in [-0.4, -0.2) is 34.8 Å². The Bertz CT molecular complexity index is 1270. The van der Waals surface area contributed by atoms with Crippen molar-refractivity contribution in [2.24, 2.45) is 5.92 Å². The number of carbonyl (C=O) groups is 1. The van der Waals surface area contributed by atoms with E-state index in [1.54, 1.807) is 18.5 Å². The number of rotatable bonds is 13. The Labute approximate surface area is 250 Å². The molecule has 0 saturated carbocycles. The number of esters is 1. The van der Waals surface area contributed by atoms with E-state index in [0.29, 0.717) is 21.1 Å². The van der Waals surface area contributed by atoms with Gasteiger partial charge in [0.25, 0.3) is 0 Å². The first-order chi connectivity index (χ1) is 19.6. The quantitative estimate of drug-likeness (QED) is 0.137. The Morgan fingerprint density at radius 3 is 2.51 bits per heavy atom. The molecule has 224 valence electrons. The van der Waals surface area contributed by atoms with E-state index in [2.05, 4.69) is 18.8 Å². The van der Waals surface area contributed by atoms with E-state index in [1.807, 2.05) is 45.9 Å². The SMILES string of the molecule is C=C(OCCOC(=O)C(C)CCCC)C1=C(C)NC=C(Sc2ccccc2S(C)=O)C1c1c(O)cccc1F.CC. The van der Waals surface area contributed by atoms with Crippen LogP contribution in [0.4, 0.5) is 4.39 Å². The van der Waals surface area contributed by atoms with Gasteiger partial charge in [0.2, 0.25) is 0 Å². The lowest BCUT2D eigenvalue weighted by Crippen LogP contribution is -2.23. The van der Waals surface area contributed by atoms with Crippen molar-refractivity contribution >= 4 is 28.5 Å². The monoisotopic (exact) mass is 603 g/mol. The van der Waals surface area contributed by atoms with Crippen LogP contribution < -0.4 is 5.32 Å². The molecule has 0 aromatic heterocycles. The average molecular weight is 604 g/mol. The molecule has 3 unspecified atom stereocenters. The van der Waals surface area contributed by atoms with Crippen LogP contribution in [-0.2, 0) is 25.1 Å². The third kappa shape index (κ3) is 9.23. The maximum Gasteiger partial charge on any atom is 0.308 e. The highest BCUT2D eigenvalue weighted by Crippen LogP contribution is 2.49. The van der Waals surface area contributed by atoms with Crippen molar-refractivity contribution in [2.45, 2.75) is 69.6 Å². The molecule has 9 heteroatoms. The fraction of sp³-hybridized carbons (Fsp3) is 0.406. The lowest BCUT2D eigenvalue weighted by molar-refractivity contribution is -0.149. The fourth-order valence-corrected chi connectivity index (χ4v) is 6.45. The number of benzene rings is 2. The van der Waals surface area contributed by atoms with Gasteiger partial charge in [-0.1, -0.05) is 77.1 Å². The zero-order valence-corrected chi connectivity index (χ0v) is 26.4. The van der Waals surface area contributed by atoms with Crippen LogP contribution in [0.5, 0.6) is 5.75 Å². The number of phenols is 1. The molecule has 0 radical (unpaired) electrons. The van der Waals surface area contributed by atoms with Crippen molar-refractivity contribution in [1.82, 2.24) is 5.32 Å². The summed E-state index contributed by atoms with van der Waals surface area (Å²) in [5.74, 6) is -1.71. The Kier molecular flexibility index (Phi) is 14.2. The third-order valence-electron chi connectivity index (χ3n) is 6.41. The number of phenolic OH excluding ortho intramolecular Hbond substituents is 1. The summed E-state index contributed by atoms with van der Waals surface area (Å²) in [6.45, 7) is 14.0. The highest BCUT2D eigenvalue weighted by atomic mass is 32.2. The van der Waals surface area contributed by atoms with Crippen LogP contribution in [0.15, 0.2) is 87.0 Å². The van der Waals surface area contributed by atoms with Gasteiger partial charge in [0.05, 0.1) is 27.5 Å². The normalized spacial score (nSPS) is 16.0. The summed E-state index contributed by atoms with van der Waals surface area (Å²) in [6.07, 6.45) is 6.10. The van der Waals surface area contributed by atoms with Crippen molar-refractivity contribution < 1.29 is 28.0 Å². The number of nitrogens with one attached hydrogen (secondary N) is 1. The van der Waals surface area contributed by atoms with Crippen LogP contribution in [0.2, 0.25) is 0 Å². The van der Waals surface area contributed by atoms with Gasteiger partial charge in [-0.05, 0) is 37.6 Å². The number of carbonyl (C=O) groups excluding carboxylic acids is 1. The first-order valence-corrected chi connectivity index (χ1v) is 16.3. The molecule has 3 rings (SSSR count). The number of thioether (sulfide) groups is 1. The summed E-state index contributed by atoms with van der Waals surface area (Å²) in [7, 11) is -1.24. The lowest BCUT2D eigenvalue weighted by Gasteiger charge is -2.31. The second-order valence-electron chi connectivity index (χ2n) is 9.32. The number of ether oxygens (including phenoxy) is 2. The molecular weight excluding hydrogens is 561 g/mol. The number of dihydropyridines is 1. The zero-order chi connectivity index (χ0) is 30.5. The first kappa shape index (κ1) is 34.2. The lowest BCUT2D eigenvalue weighted by atomic mass is 9.86. The molecule has 1 aliphatic heterocycles. The molecule has 3 atom stereocenters. The molecule has 2 aromatic carbocycles. The van der Waals surface area contributed by atoms with Gasteiger partial charge >= 0.3 is 5.97 Å². The largest absolute Gasteiger partial charge is 0.508 e. The minimum atomic E-state index is -1.24. The van der Waals surface area contributed by atoms with E-state index in [-0.39, 0.29) is 42.2 Å². The second kappa shape index (κ2) is 17.0. The maximum atomic E-state index is 15.3. The van der Waals surface area contributed by atoms with Gasteiger partial charge < -0.3 is 19.9 Å². The number of allylic oxidation sites excluding steroid dienone is 3. The molecule has 0 bridgehead atoms. The van der Waals surface area contributed by atoms with Gasteiger partial charge in [-0.15, -0.1) is 0 Å². The highest BCUT2D eigenvalue weighted by molar-refractivity contribution is 8.03. The van der Waals surface area contributed by atoms with E-state index in [0.717, 1.165) is 24.2 Å². The van der Waals surface area contributed by atoms with Crippen LogP contribution >= 0.6 is 11.8 Å². The molecule has 0 amide bonds. The molecule has 0 aliphatic carbocycles. The Morgan fingerprint density at radius 2 is 1.85 bits per heavy atom. The zero-order valence-electron chi connectivity index (χ0n) is 24.8. The van der Waals surface area contributed by atoms with Crippen LogP contribution in [0, 0.1) is 11.7 Å². The summed E-state index contributed by atoms with van der Waals surface area (Å²) in [5.41, 5.74) is 1.32. The summed E-state index contributed by atoms with van der Waals surface area (Å²) < 4.78 is 38.9. The molecule has 1 heterocycles. The summed E-state index contributed by atoms with van der Waals surface area (Å²) in [5, 5.41) is 14.0. The predicted molar refractivity (Wildman–Crippen MR) is 165 cm³/mol. The van der Waals surface area contributed by atoms with Crippen molar-refractivity contribution in [3.8, 4) is 5.75 Å². The molecule has 41 heavy (non-hydrogen) atoms. The molecule has 2 N–H and O–H groups in total. The van der Waals surface area contributed by atoms with Crippen LogP contribution in [0.25, 0.3) is 0 Å². The van der Waals surface area contributed by atoms with Gasteiger partial charge in [0.15, 0.2) is 0 Å². The van der Waals surface area contributed by atoms with Gasteiger partial charge in [-0.3, -0.25) is 9.00 Å². The fourth-order valence-electron chi connectivity index (χ4n) is 4.31. The molecular formula is C32H42FNO5S2. The molecule has 1 aliphatic rings. The molecule has 0 saturated heterocycles. The van der Waals surface area contributed by atoms with E-state index in [1.165, 1.54) is 30.0 Å². The molecule has 0 spiro atoms. The van der Waals surface area contributed by atoms with E-state index >= 15 is 4.39 Å². The summed E-state index contributed by atoms with van der Waals surface area (Å²) in [4.78, 5) is 14.3. The van der Waals surface area contributed by atoms with Crippen molar-refractivity contribution in [2.75, 3.05) is 19.5 Å². The Hall–Kier alpha value is -3.04. The summed E-state index contributed by atoms with van der Waals surface area (Å²) >= 11 is 1.33. The standard InChI is InChI=1S/C30H36FNO5S2.C2H6/c1-6-7-11-19(2)30(34)37-17-16-36-21(4)27-20(3)32-18-25(29(27)28-22(31)12-10-13-23(28)33)38-24-14-8-9-15-26(24)39(5)35;1-2/h8-10,12-15,18-19,29,32-33H,4,6-7,11,16-17H2,1-3,5H3;1-2H3. The number of hydrogen-bond donors (Lipinski definition) is 2. The smallest absolute Gasteiger partial charge is 0.308 e. The number of unbranched alkanes of at least 4 members (excludes halogenated alkanes) is 1. The van der Waals surface area contributed by atoms with Crippen molar-refractivity contribution in [3.63, 3.8) is 0 Å². The average Bonchev–Trinajstić information content (AvgIpc) is 2.96. The summed E-state index contributed by atoms with van der Waals surface area (Å²) in [6, 6.07) is 11.5. The molecule has 6 nitrogen and oxygen atoms in total. The Balaban J connectivity index is 0.00000287. The first-order valence-electron chi connectivity index (χ1n) is 13.9. The minimum Gasteiger partial charge on any atom is -0.508 e. The van der Waals surface area contributed by atoms with E-state index in [4.69, 9.17) is 9.47 Å². The highest BCUT2D eigenvalue weighted by Gasteiger charge is 2.34. The molecule has 2 aromatic rings.